The Labute approximate surface area is 189 Å². The predicted molar refractivity (Wildman–Crippen MR) is 120 cm³/mol. The average molecular weight is 460 g/mol. The van der Waals surface area contributed by atoms with E-state index in [1.54, 1.807) is 18.2 Å². The molecule has 0 amide bonds. The molecule has 1 aromatic heterocycles. The molecule has 0 atom stereocenters. The van der Waals surface area contributed by atoms with Gasteiger partial charge < -0.3 is 0 Å². The van der Waals surface area contributed by atoms with Gasteiger partial charge in [-0.15, -0.1) is 0 Å². The second-order valence-corrected chi connectivity index (χ2v) is 7.99. The second-order valence-electron chi connectivity index (χ2n) is 7.32. The van der Waals surface area contributed by atoms with Crippen molar-refractivity contribution in [1.29, 1.82) is 0 Å². The molecule has 31 heavy (non-hydrogen) atoms. The molecule has 0 unspecified atom stereocenters. The second kappa shape index (κ2) is 11.4. The van der Waals surface area contributed by atoms with Gasteiger partial charge in [0, 0.05) is 13.8 Å². The number of rotatable bonds is 4. The molecule has 0 fully saturated rings. The summed E-state index contributed by atoms with van der Waals surface area (Å²) in [6.45, 7) is 11.2. The molecule has 0 aliphatic rings. The van der Waals surface area contributed by atoms with Gasteiger partial charge in [0.25, 0.3) is 0 Å². The summed E-state index contributed by atoms with van der Waals surface area (Å²) < 4.78 is 9.02. The van der Waals surface area contributed by atoms with Crippen LogP contribution in [0.4, 0.5) is 11.4 Å². The van der Waals surface area contributed by atoms with Gasteiger partial charge in [-0.3, -0.25) is 9.59 Å². The molecule has 0 saturated carbocycles. The summed E-state index contributed by atoms with van der Waals surface area (Å²) in [5.74, 6) is -0.254. The zero-order valence-corrected chi connectivity index (χ0v) is 19.7. The number of nitrogens with zero attached hydrogens (tertiary/aromatic N) is 3. The number of aryl methyl sites for hydroxylation is 4. The molecule has 5 nitrogen and oxygen atoms in total. The van der Waals surface area contributed by atoms with Crippen LogP contribution in [0.15, 0.2) is 62.6 Å². The Morgan fingerprint density at radius 2 is 1.13 bits per heavy atom. The quantitative estimate of drug-likeness (QED) is 0.401. The summed E-state index contributed by atoms with van der Waals surface area (Å²) in [6, 6.07) is 17.4. The van der Waals surface area contributed by atoms with Crippen LogP contribution < -0.4 is 0 Å². The maximum absolute atomic E-state index is 10.8. The van der Waals surface area contributed by atoms with Crippen molar-refractivity contribution in [3.8, 4) is 0 Å². The van der Waals surface area contributed by atoms with Crippen LogP contribution in [0.3, 0.4) is 0 Å². The van der Waals surface area contributed by atoms with Crippen LogP contribution in [0.25, 0.3) is 0 Å². The van der Waals surface area contributed by atoms with E-state index in [0.29, 0.717) is 11.4 Å². The van der Waals surface area contributed by atoms with Crippen LogP contribution in [0, 0.1) is 27.7 Å². The zero-order valence-electron chi connectivity index (χ0n) is 18.7. The standard InChI is InChI=1S/C9H9NO2.2C8H9N.Co/c1-6(11)8-4-3-5-9(10-8)7(2)12;2*1-6-3-4-8(9)7(2)5-6;/h3-5H,1-2H3;2*3-5H,1-2H3;. The average Bonchev–Trinajstić information content (AvgIpc) is 2.71. The Hall–Kier alpha value is -2.96. The number of carbonyl (C=O) groups excluding carboxylic acids is 2. The van der Waals surface area contributed by atoms with Crippen molar-refractivity contribution in [1.82, 2.24) is 4.98 Å². The summed E-state index contributed by atoms with van der Waals surface area (Å²) in [5, 5.41) is 0. The van der Waals surface area contributed by atoms with Gasteiger partial charge in [0.15, 0.2) is 11.6 Å². The normalized spacial score (nSPS) is 10.0. The molecule has 0 N–H and O–H groups in total. The molecule has 1 heterocycles. The molecule has 6 heteroatoms. The number of hydrogen-bond acceptors (Lipinski definition) is 5. The summed E-state index contributed by atoms with van der Waals surface area (Å²) in [7, 11) is 0. The number of aromatic nitrogens is 1. The molecule has 163 valence electrons. The number of benzene rings is 2. The van der Waals surface area contributed by atoms with Gasteiger partial charge in [0.1, 0.15) is 11.4 Å². The van der Waals surface area contributed by atoms with Crippen LogP contribution in [-0.4, -0.2) is 16.6 Å². The van der Waals surface area contributed by atoms with E-state index in [1.165, 1.54) is 36.1 Å². The van der Waals surface area contributed by atoms with Crippen molar-refractivity contribution in [2.75, 3.05) is 0 Å². The fraction of sp³-hybridized carbons (Fsp3) is 0.240. The summed E-state index contributed by atoms with van der Waals surface area (Å²) in [6.07, 6.45) is 0. The topological polar surface area (TPSA) is 71.8 Å². The van der Waals surface area contributed by atoms with Crippen molar-refractivity contribution >= 4 is 22.9 Å². The Morgan fingerprint density at radius 1 is 0.710 bits per heavy atom. The SMILES string of the molecule is CC(=O)c1cccc(C(C)=O)n1.Cc1ccc([N]=[Co]=[N]c2ccc(C)cc2C)c(C)c1. The Morgan fingerprint density at radius 3 is 1.48 bits per heavy atom. The molecule has 3 aromatic rings. The van der Waals surface area contributed by atoms with Crippen molar-refractivity contribution in [2.24, 2.45) is 7.99 Å². The number of hydrogen-bond donors (Lipinski definition) is 0. The Bertz CT molecular complexity index is 1090. The van der Waals surface area contributed by atoms with E-state index in [0.717, 1.165) is 25.7 Å². The van der Waals surface area contributed by atoms with E-state index in [9.17, 15) is 9.59 Å². The van der Waals surface area contributed by atoms with Gasteiger partial charge in [-0.2, -0.15) is 0 Å². The third-order valence-corrected chi connectivity index (χ3v) is 5.11. The molecular weight excluding hydrogens is 433 g/mol. The third kappa shape index (κ3) is 7.66. The van der Waals surface area contributed by atoms with Crippen LogP contribution in [0.1, 0.15) is 57.1 Å². The fourth-order valence-corrected chi connectivity index (χ4v) is 3.49. The van der Waals surface area contributed by atoms with E-state index in [-0.39, 0.29) is 11.6 Å². The van der Waals surface area contributed by atoms with E-state index >= 15 is 0 Å². The maximum atomic E-state index is 10.8. The van der Waals surface area contributed by atoms with Crippen molar-refractivity contribution in [2.45, 2.75) is 41.5 Å². The van der Waals surface area contributed by atoms with Crippen LogP contribution >= 0.6 is 0 Å². The number of ketones is 2. The molecule has 0 radical (unpaired) electrons. The molecule has 0 bridgehead atoms. The predicted octanol–water partition coefficient (Wildman–Crippen LogP) is 6.82. The van der Waals surface area contributed by atoms with Gasteiger partial charge in [-0.25, -0.2) is 4.98 Å². The zero-order chi connectivity index (χ0) is 23.0. The molecule has 0 spiro atoms. The van der Waals surface area contributed by atoms with Crippen molar-refractivity contribution < 1.29 is 23.9 Å². The van der Waals surface area contributed by atoms with Gasteiger partial charge >= 0.3 is 120 Å². The van der Waals surface area contributed by atoms with Gasteiger partial charge in [-0.1, -0.05) is 6.07 Å². The van der Waals surface area contributed by atoms with Crippen LogP contribution in [0.2, 0.25) is 0 Å². The first-order chi connectivity index (χ1) is 14.7. The van der Waals surface area contributed by atoms with Crippen LogP contribution in [0.5, 0.6) is 0 Å². The Balaban J connectivity index is 0.000000245. The molecule has 2 aromatic carbocycles. The minimum atomic E-state index is -0.127. The first-order valence-corrected chi connectivity index (χ1v) is 10.8. The van der Waals surface area contributed by atoms with Crippen molar-refractivity contribution in [3.05, 3.63) is 88.2 Å². The van der Waals surface area contributed by atoms with E-state index in [2.05, 4.69) is 64.9 Å². The summed E-state index contributed by atoms with van der Waals surface area (Å²) in [5.41, 5.74) is 7.62. The van der Waals surface area contributed by atoms with Crippen molar-refractivity contribution in [3.63, 3.8) is 0 Å². The van der Waals surface area contributed by atoms with E-state index in [1.807, 2.05) is 12.1 Å². The molecule has 3 rings (SSSR count). The minimum absolute atomic E-state index is 0.127. The van der Waals surface area contributed by atoms with E-state index < -0.39 is 0 Å². The number of carbonyl (C=O) groups is 2. The summed E-state index contributed by atoms with van der Waals surface area (Å²) >= 11 is 0.769. The first-order valence-electron chi connectivity index (χ1n) is 9.82. The number of Topliss-reactive ketones (excluding diaryl/α,β-unsaturated/α-hetero) is 2. The third-order valence-electron chi connectivity index (χ3n) is 4.40. The molecule has 0 aliphatic heterocycles. The van der Waals surface area contributed by atoms with Gasteiger partial charge in [-0.05, 0) is 12.1 Å². The summed E-state index contributed by atoms with van der Waals surface area (Å²) in [4.78, 5) is 25.6. The molecule has 0 aliphatic carbocycles. The monoisotopic (exact) mass is 460 g/mol. The fourth-order valence-electron chi connectivity index (χ4n) is 2.69. The number of pyridine rings is 1. The first kappa shape index (κ1) is 24.3. The Kier molecular flexibility index (Phi) is 8.97. The van der Waals surface area contributed by atoms with Crippen LogP contribution in [-0.2, 0) is 14.3 Å². The molecular formula is C25H27CoN3O2. The van der Waals surface area contributed by atoms with Gasteiger partial charge in [0.05, 0.1) is 0 Å². The van der Waals surface area contributed by atoms with E-state index in [4.69, 9.17) is 0 Å². The van der Waals surface area contributed by atoms with Gasteiger partial charge in [0.2, 0.25) is 0 Å². The molecule has 0 saturated heterocycles.